The van der Waals surface area contributed by atoms with Gasteiger partial charge in [-0.25, -0.2) is 15.3 Å². The Labute approximate surface area is 126 Å². The van der Waals surface area contributed by atoms with Crippen molar-refractivity contribution in [2.24, 2.45) is 16.1 Å². The van der Waals surface area contributed by atoms with Crippen LogP contribution in [-0.2, 0) is 5.54 Å². The first-order valence-electron chi connectivity index (χ1n) is 6.99. The number of benzene rings is 1. The Bertz CT molecular complexity index is 893. The molecule has 3 aromatic rings. The van der Waals surface area contributed by atoms with Gasteiger partial charge in [0.05, 0.1) is 17.5 Å². The van der Waals surface area contributed by atoms with Crippen molar-refractivity contribution in [3.8, 4) is 11.3 Å². The summed E-state index contributed by atoms with van der Waals surface area (Å²) in [7, 11) is 0. The minimum atomic E-state index is -0.454. The van der Waals surface area contributed by atoms with Crippen LogP contribution in [0.2, 0.25) is 0 Å². The van der Waals surface area contributed by atoms with E-state index < -0.39 is 5.54 Å². The summed E-state index contributed by atoms with van der Waals surface area (Å²) in [6.07, 6.45) is 1.89. The van der Waals surface area contributed by atoms with Gasteiger partial charge < -0.3 is 5.43 Å². The molecule has 1 aromatic carbocycles. The van der Waals surface area contributed by atoms with Gasteiger partial charge in [0.25, 0.3) is 0 Å². The van der Waals surface area contributed by atoms with Crippen molar-refractivity contribution in [2.45, 2.75) is 19.4 Å². The van der Waals surface area contributed by atoms with Gasteiger partial charge in [0.2, 0.25) is 0 Å². The molecule has 22 heavy (non-hydrogen) atoms. The summed E-state index contributed by atoms with van der Waals surface area (Å²) in [5.41, 5.74) is 6.37. The Hall–Kier alpha value is -2.80. The number of azo groups is 1. The molecule has 1 aliphatic rings. The lowest BCUT2D eigenvalue weighted by Crippen LogP contribution is -2.16. The molecule has 0 fully saturated rings. The Morgan fingerprint density at radius 3 is 2.68 bits per heavy atom. The van der Waals surface area contributed by atoms with E-state index in [4.69, 9.17) is 10.8 Å². The van der Waals surface area contributed by atoms with E-state index >= 15 is 0 Å². The van der Waals surface area contributed by atoms with E-state index in [9.17, 15) is 0 Å². The fourth-order valence-corrected chi connectivity index (χ4v) is 2.73. The van der Waals surface area contributed by atoms with Gasteiger partial charge in [-0.3, -0.25) is 0 Å². The average molecular weight is 293 g/mol. The molecule has 0 unspecified atom stereocenters. The van der Waals surface area contributed by atoms with Crippen LogP contribution in [0.1, 0.15) is 19.4 Å². The highest BCUT2D eigenvalue weighted by atomic mass is 15.4. The van der Waals surface area contributed by atoms with Crippen LogP contribution in [0.5, 0.6) is 0 Å². The van der Waals surface area contributed by atoms with E-state index in [1.807, 2.05) is 50.4 Å². The molecule has 7 heteroatoms. The van der Waals surface area contributed by atoms with E-state index in [2.05, 4.69) is 20.8 Å². The maximum atomic E-state index is 5.57. The fourth-order valence-electron chi connectivity index (χ4n) is 2.73. The monoisotopic (exact) mass is 293 g/mol. The molecule has 3 N–H and O–H groups in total. The van der Waals surface area contributed by atoms with Gasteiger partial charge in [-0.1, -0.05) is 30.3 Å². The molecule has 110 valence electrons. The predicted molar refractivity (Wildman–Crippen MR) is 83.8 cm³/mol. The molecule has 0 aliphatic carbocycles. The highest BCUT2D eigenvalue weighted by Crippen LogP contribution is 2.45. The maximum Gasteiger partial charge on any atom is 0.189 e. The Balaban J connectivity index is 2.02. The number of nitrogens with one attached hydrogen (secondary N) is 1. The molecule has 3 heterocycles. The minimum absolute atomic E-state index is 0.454. The Morgan fingerprint density at radius 2 is 1.95 bits per heavy atom. The molecule has 0 spiro atoms. The lowest BCUT2D eigenvalue weighted by Gasteiger charge is -2.15. The van der Waals surface area contributed by atoms with Crippen LogP contribution in [0.3, 0.4) is 0 Å². The van der Waals surface area contributed by atoms with Crippen molar-refractivity contribution >= 4 is 17.2 Å². The SMILES string of the molecule is CC1(C)N=Nc2c(NN)nn3cc(-c4ccccc4)nc3c21. The van der Waals surface area contributed by atoms with Crippen molar-refractivity contribution in [2.75, 3.05) is 5.43 Å². The number of rotatable bonds is 2. The van der Waals surface area contributed by atoms with Crippen molar-refractivity contribution in [3.05, 3.63) is 42.1 Å². The van der Waals surface area contributed by atoms with Gasteiger partial charge in [-0.15, -0.1) is 5.10 Å². The second kappa shape index (κ2) is 4.35. The first-order valence-corrected chi connectivity index (χ1v) is 6.99. The second-order valence-corrected chi connectivity index (χ2v) is 5.74. The third-order valence-electron chi connectivity index (χ3n) is 3.80. The van der Waals surface area contributed by atoms with Gasteiger partial charge >= 0.3 is 0 Å². The first-order chi connectivity index (χ1) is 10.6. The molecule has 0 atom stereocenters. The molecule has 0 bridgehead atoms. The molecular weight excluding hydrogens is 278 g/mol. The van der Waals surface area contributed by atoms with E-state index in [1.165, 1.54) is 0 Å². The smallest absolute Gasteiger partial charge is 0.189 e. The van der Waals surface area contributed by atoms with E-state index in [-0.39, 0.29) is 0 Å². The lowest BCUT2D eigenvalue weighted by molar-refractivity contribution is 0.556. The third-order valence-corrected chi connectivity index (χ3v) is 3.80. The van der Waals surface area contributed by atoms with Crippen LogP contribution in [0.25, 0.3) is 16.9 Å². The summed E-state index contributed by atoms with van der Waals surface area (Å²) in [5.74, 6) is 6.07. The molecular formula is C15H15N7. The zero-order valence-corrected chi connectivity index (χ0v) is 12.3. The second-order valence-electron chi connectivity index (χ2n) is 5.74. The molecule has 1 aliphatic heterocycles. The van der Waals surface area contributed by atoms with Gasteiger partial charge in [0.15, 0.2) is 11.5 Å². The summed E-state index contributed by atoms with van der Waals surface area (Å²) in [6, 6.07) is 9.98. The number of nitrogens with two attached hydrogens (primary N) is 1. The zero-order valence-electron chi connectivity index (χ0n) is 12.3. The largest absolute Gasteiger partial charge is 0.305 e. The highest BCUT2D eigenvalue weighted by Gasteiger charge is 2.35. The number of nitrogen functional groups attached to an aromatic ring is 1. The van der Waals surface area contributed by atoms with Crippen molar-refractivity contribution in [3.63, 3.8) is 0 Å². The number of imidazole rings is 1. The van der Waals surface area contributed by atoms with Gasteiger partial charge in [0.1, 0.15) is 11.2 Å². The van der Waals surface area contributed by atoms with Crippen molar-refractivity contribution in [1.29, 1.82) is 0 Å². The number of aromatic nitrogens is 3. The topological polar surface area (TPSA) is 93.0 Å². The summed E-state index contributed by atoms with van der Waals surface area (Å²) < 4.78 is 1.73. The summed E-state index contributed by atoms with van der Waals surface area (Å²) in [6.45, 7) is 4.00. The summed E-state index contributed by atoms with van der Waals surface area (Å²) >= 11 is 0. The van der Waals surface area contributed by atoms with E-state index in [0.717, 1.165) is 22.5 Å². The number of nitrogens with zero attached hydrogens (tertiary/aromatic N) is 5. The predicted octanol–water partition coefficient (Wildman–Crippen LogP) is 3.01. The molecule has 4 rings (SSSR count). The van der Waals surface area contributed by atoms with Gasteiger partial charge in [0, 0.05) is 5.56 Å². The van der Waals surface area contributed by atoms with Gasteiger partial charge in [-0.05, 0) is 13.8 Å². The Kier molecular flexibility index (Phi) is 2.55. The summed E-state index contributed by atoms with van der Waals surface area (Å²) in [4.78, 5) is 4.74. The van der Waals surface area contributed by atoms with Crippen LogP contribution in [0.4, 0.5) is 11.5 Å². The molecule has 0 radical (unpaired) electrons. The van der Waals surface area contributed by atoms with Crippen LogP contribution in [0, 0.1) is 0 Å². The normalized spacial score (nSPS) is 15.2. The number of hydrazine groups is 1. The van der Waals surface area contributed by atoms with Crippen LogP contribution < -0.4 is 11.3 Å². The lowest BCUT2D eigenvalue weighted by atomic mass is 9.96. The van der Waals surface area contributed by atoms with Crippen LogP contribution in [0.15, 0.2) is 46.8 Å². The van der Waals surface area contributed by atoms with Gasteiger partial charge in [-0.2, -0.15) is 10.2 Å². The van der Waals surface area contributed by atoms with Crippen LogP contribution in [-0.4, -0.2) is 14.6 Å². The molecule has 0 saturated heterocycles. The van der Waals surface area contributed by atoms with E-state index in [1.54, 1.807) is 4.52 Å². The zero-order chi connectivity index (χ0) is 15.3. The molecule has 7 nitrogen and oxygen atoms in total. The third kappa shape index (κ3) is 1.72. The maximum absolute atomic E-state index is 5.57. The minimum Gasteiger partial charge on any atom is -0.305 e. The average Bonchev–Trinajstić information content (AvgIpc) is 3.08. The number of hydrogen-bond donors (Lipinski definition) is 2. The number of anilines is 1. The summed E-state index contributed by atoms with van der Waals surface area (Å²) in [5, 5.41) is 13.0. The Morgan fingerprint density at radius 1 is 1.18 bits per heavy atom. The van der Waals surface area contributed by atoms with E-state index in [0.29, 0.717) is 11.5 Å². The quantitative estimate of drug-likeness (QED) is 0.561. The van der Waals surface area contributed by atoms with Crippen molar-refractivity contribution in [1.82, 2.24) is 14.6 Å². The number of fused-ring (bicyclic) bond motifs is 3. The molecule has 2 aromatic heterocycles. The standard InChI is InChI=1S/C15H15N7/c1-15(2)11-12(19-21-15)13(18-16)20-22-8-10(17-14(11)22)9-6-4-3-5-7-9/h3-8H,16H2,1-2H3,(H,18,20). The number of hydrogen-bond acceptors (Lipinski definition) is 6. The fraction of sp³-hybridized carbons (Fsp3) is 0.200. The molecule has 0 saturated carbocycles. The first kappa shape index (κ1) is 12.9. The highest BCUT2D eigenvalue weighted by molar-refractivity contribution is 5.77. The van der Waals surface area contributed by atoms with Crippen LogP contribution >= 0.6 is 0 Å². The van der Waals surface area contributed by atoms with Crippen molar-refractivity contribution < 1.29 is 0 Å². The molecule has 0 amide bonds.